The summed E-state index contributed by atoms with van der Waals surface area (Å²) < 4.78 is 0. The Balaban J connectivity index is 4.11. The molecule has 0 saturated carbocycles. The molecule has 0 bridgehead atoms. The molecule has 0 heterocycles. The molecule has 7 nitrogen and oxygen atoms in total. The van der Waals surface area contributed by atoms with Crippen molar-refractivity contribution in [2.45, 2.75) is 38.6 Å². The summed E-state index contributed by atoms with van der Waals surface area (Å²) in [5, 5.41) is 2.74. The van der Waals surface area contributed by atoms with Gasteiger partial charge in [-0.1, -0.05) is 19.8 Å². The number of nitrogens with one attached hydrogen (secondary N) is 1. The third kappa shape index (κ3) is 8.08. The van der Waals surface area contributed by atoms with Crippen molar-refractivity contribution in [3.63, 3.8) is 0 Å². The van der Waals surface area contributed by atoms with Gasteiger partial charge in [0, 0.05) is 32.7 Å². The van der Waals surface area contributed by atoms with Crippen LogP contribution < -0.4 is 22.5 Å². The van der Waals surface area contributed by atoms with E-state index in [9.17, 15) is 9.59 Å². The van der Waals surface area contributed by atoms with Crippen molar-refractivity contribution >= 4 is 11.8 Å². The van der Waals surface area contributed by atoms with Crippen LogP contribution in [-0.2, 0) is 9.59 Å². The maximum absolute atomic E-state index is 12.0. The molecule has 0 aromatic heterocycles. The molecule has 0 radical (unpaired) electrons. The molecule has 0 aliphatic heterocycles. The zero-order chi connectivity index (χ0) is 15.4. The molecule has 0 spiro atoms. The maximum Gasteiger partial charge on any atom is 0.237 e. The van der Waals surface area contributed by atoms with Crippen molar-refractivity contribution in [2.75, 3.05) is 32.7 Å². The molecule has 2 amide bonds. The minimum Gasteiger partial charge on any atom is -0.355 e. The number of hydrogen-bond acceptors (Lipinski definition) is 5. The number of carbonyl (C=O) groups excluding carboxylic acids is 2. The van der Waals surface area contributed by atoms with Crippen LogP contribution >= 0.6 is 0 Å². The van der Waals surface area contributed by atoms with Crippen molar-refractivity contribution < 1.29 is 9.59 Å². The first-order valence-electron chi connectivity index (χ1n) is 7.28. The summed E-state index contributed by atoms with van der Waals surface area (Å²) >= 11 is 0. The van der Waals surface area contributed by atoms with Crippen LogP contribution in [0.4, 0.5) is 0 Å². The Kier molecular flexibility index (Phi) is 10.9. The molecule has 0 aliphatic carbocycles. The Morgan fingerprint density at radius 2 is 1.75 bits per heavy atom. The van der Waals surface area contributed by atoms with E-state index >= 15 is 0 Å². The zero-order valence-corrected chi connectivity index (χ0v) is 12.4. The number of amides is 2. The third-order valence-electron chi connectivity index (χ3n) is 2.96. The molecule has 0 aliphatic rings. The molecule has 118 valence electrons. The Morgan fingerprint density at radius 1 is 1.15 bits per heavy atom. The van der Waals surface area contributed by atoms with Crippen molar-refractivity contribution in [1.29, 1.82) is 0 Å². The number of rotatable bonds is 11. The van der Waals surface area contributed by atoms with Crippen LogP contribution in [0.15, 0.2) is 0 Å². The molecule has 7 N–H and O–H groups in total. The molecule has 0 aromatic rings. The van der Waals surface area contributed by atoms with E-state index in [-0.39, 0.29) is 18.2 Å². The second kappa shape index (κ2) is 11.6. The van der Waals surface area contributed by atoms with Gasteiger partial charge >= 0.3 is 0 Å². The topological polar surface area (TPSA) is 127 Å². The summed E-state index contributed by atoms with van der Waals surface area (Å²) in [6, 6.07) is -0.817. The lowest BCUT2D eigenvalue weighted by Crippen LogP contribution is -2.46. The number of hydrogen-bond donors (Lipinski definition) is 4. The molecule has 1 atom stereocenters. The second-order valence-electron chi connectivity index (χ2n) is 4.77. The lowest BCUT2D eigenvalue weighted by molar-refractivity contribution is -0.134. The normalized spacial score (nSPS) is 12.0. The number of nitrogens with two attached hydrogens (primary N) is 3. The summed E-state index contributed by atoms with van der Waals surface area (Å²) in [7, 11) is 0. The smallest absolute Gasteiger partial charge is 0.237 e. The van der Waals surface area contributed by atoms with Crippen LogP contribution in [0.2, 0.25) is 0 Å². The molecule has 0 fully saturated rings. The van der Waals surface area contributed by atoms with Crippen molar-refractivity contribution in [3.8, 4) is 0 Å². The van der Waals surface area contributed by atoms with Crippen molar-refractivity contribution in [3.05, 3.63) is 0 Å². The zero-order valence-electron chi connectivity index (χ0n) is 12.4. The van der Waals surface area contributed by atoms with Gasteiger partial charge in [-0.3, -0.25) is 9.59 Å². The van der Waals surface area contributed by atoms with E-state index in [1.807, 2.05) is 0 Å². The fraction of sp³-hybridized carbons (Fsp3) is 0.846. The maximum atomic E-state index is 12.0. The number of nitrogens with zero attached hydrogens (tertiary/aromatic N) is 1. The highest BCUT2D eigenvalue weighted by molar-refractivity contribution is 5.88. The van der Waals surface area contributed by atoms with Gasteiger partial charge in [-0.15, -0.1) is 0 Å². The summed E-state index contributed by atoms with van der Waals surface area (Å²) in [6.45, 7) is 4.29. The average molecular weight is 287 g/mol. The first-order valence-corrected chi connectivity index (χ1v) is 7.28. The second-order valence-corrected chi connectivity index (χ2v) is 4.77. The first kappa shape index (κ1) is 18.8. The highest BCUT2D eigenvalue weighted by Gasteiger charge is 2.20. The minimum atomic E-state index is -0.817. The molecule has 1 unspecified atom stereocenters. The third-order valence-corrected chi connectivity index (χ3v) is 2.96. The summed E-state index contributed by atoms with van der Waals surface area (Å²) in [6.07, 6.45) is 3.07. The summed E-state index contributed by atoms with van der Waals surface area (Å²) in [5.74, 6) is -0.466. The summed E-state index contributed by atoms with van der Waals surface area (Å²) in [4.78, 5) is 25.2. The van der Waals surface area contributed by atoms with Gasteiger partial charge in [0.2, 0.25) is 11.8 Å². The standard InChI is InChI=1S/C13H29N5O2/c1-2-3-4-7-17-13(20)11(16)10-12(19)18(8-5-14)9-6-15/h11H,2-10,14-16H2,1H3,(H,17,20). The summed E-state index contributed by atoms with van der Waals surface area (Å²) in [5.41, 5.74) is 16.6. The van der Waals surface area contributed by atoms with Crippen LogP contribution in [-0.4, -0.2) is 55.5 Å². The molecule has 0 saturated heterocycles. The van der Waals surface area contributed by atoms with Crippen LogP contribution in [0, 0.1) is 0 Å². The lowest BCUT2D eigenvalue weighted by atomic mass is 10.1. The van der Waals surface area contributed by atoms with Gasteiger partial charge < -0.3 is 27.4 Å². The van der Waals surface area contributed by atoms with Crippen LogP contribution in [0.1, 0.15) is 32.6 Å². The molecule has 20 heavy (non-hydrogen) atoms. The number of unbranched alkanes of at least 4 members (excludes halogenated alkanes) is 2. The van der Waals surface area contributed by atoms with Crippen molar-refractivity contribution in [2.24, 2.45) is 17.2 Å². The fourth-order valence-corrected chi connectivity index (χ4v) is 1.80. The quantitative estimate of drug-likeness (QED) is 0.353. The van der Waals surface area contributed by atoms with Crippen LogP contribution in [0.5, 0.6) is 0 Å². The van der Waals surface area contributed by atoms with E-state index < -0.39 is 6.04 Å². The highest BCUT2D eigenvalue weighted by atomic mass is 16.2. The van der Waals surface area contributed by atoms with Gasteiger partial charge in [0.15, 0.2) is 0 Å². The molecule has 0 rings (SSSR count). The monoisotopic (exact) mass is 287 g/mol. The predicted molar refractivity (Wildman–Crippen MR) is 79.8 cm³/mol. The lowest BCUT2D eigenvalue weighted by Gasteiger charge is -2.22. The minimum absolute atomic E-state index is 0.0143. The van der Waals surface area contributed by atoms with E-state index in [2.05, 4.69) is 12.2 Å². The SMILES string of the molecule is CCCCCNC(=O)C(N)CC(=O)N(CCN)CCN. The largest absolute Gasteiger partial charge is 0.355 e. The van der Waals surface area contributed by atoms with Gasteiger partial charge in [-0.2, -0.15) is 0 Å². The molecule has 7 heteroatoms. The Morgan fingerprint density at radius 3 is 2.25 bits per heavy atom. The first-order chi connectivity index (χ1) is 9.56. The van der Waals surface area contributed by atoms with E-state index in [0.29, 0.717) is 32.7 Å². The molecular weight excluding hydrogens is 258 g/mol. The van der Waals surface area contributed by atoms with Crippen molar-refractivity contribution in [1.82, 2.24) is 10.2 Å². The van der Waals surface area contributed by atoms with E-state index in [4.69, 9.17) is 17.2 Å². The van der Waals surface area contributed by atoms with E-state index in [0.717, 1.165) is 19.3 Å². The van der Waals surface area contributed by atoms with Crippen LogP contribution in [0.25, 0.3) is 0 Å². The Hall–Kier alpha value is -1.18. The van der Waals surface area contributed by atoms with Gasteiger partial charge in [0.25, 0.3) is 0 Å². The van der Waals surface area contributed by atoms with Gasteiger partial charge in [0.05, 0.1) is 12.5 Å². The van der Waals surface area contributed by atoms with Gasteiger partial charge in [-0.05, 0) is 6.42 Å². The Labute approximate surface area is 121 Å². The van der Waals surface area contributed by atoms with Crippen LogP contribution in [0.3, 0.4) is 0 Å². The van der Waals surface area contributed by atoms with E-state index in [1.54, 1.807) is 4.90 Å². The van der Waals surface area contributed by atoms with Gasteiger partial charge in [-0.25, -0.2) is 0 Å². The van der Waals surface area contributed by atoms with E-state index in [1.165, 1.54) is 0 Å². The van der Waals surface area contributed by atoms with Gasteiger partial charge in [0.1, 0.15) is 0 Å². The predicted octanol–water partition coefficient (Wildman–Crippen LogP) is -1.24. The highest BCUT2D eigenvalue weighted by Crippen LogP contribution is 1.98. The molecule has 0 aromatic carbocycles. The Bertz CT molecular complexity index is 280. The fourth-order valence-electron chi connectivity index (χ4n) is 1.80. The number of carbonyl (C=O) groups is 2. The molecular formula is C13H29N5O2. The average Bonchev–Trinajstić information content (AvgIpc) is 2.43.